The number of hydrogen-bond donors (Lipinski definition) is 1. The van der Waals surface area contributed by atoms with E-state index in [9.17, 15) is 9.59 Å². The Morgan fingerprint density at radius 1 is 0.906 bits per heavy atom. The Morgan fingerprint density at radius 2 is 1.66 bits per heavy atom. The summed E-state index contributed by atoms with van der Waals surface area (Å²) in [5.41, 5.74) is 2.66. The first-order valence-corrected chi connectivity index (χ1v) is 10.3. The highest BCUT2D eigenvalue weighted by molar-refractivity contribution is 6.05. The molecule has 0 unspecified atom stereocenters. The average Bonchev–Trinajstić information content (AvgIpc) is 2.82. The molecule has 0 aliphatic rings. The number of fused-ring (bicyclic) bond motifs is 1. The van der Waals surface area contributed by atoms with Crippen molar-refractivity contribution in [2.75, 3.05) is 14.2 Å². The zero-order chi connectivity index (χ0) is 22.5. The van der Waals surface area contributed by atoms with Crippen molar-refractivity contribution in [2.45, 2.75) is 13.2 Å². The first kappa shape index (κ1) is 21.2. The fraction of sp³-hybridized carbons (Fsp3) is 0.154. The van der Waals surface area contributed by atoms with Gasteiger partial charge in [-0.15, -0.1) is 0 Å². The van der Waals surface area contributed by atoms with Gasteiger partial charge in [0.05, 0.1) is 12.7 Å². The van der Waals surface area contributed by atoms with Crippen LogP contribution in [0.4, 0.5) is 0 Å². The number of aromatic amines is 1. The molecule has 162 valence electrons. The van der Waals surface area contributed by atoms with E-state index in [0.29, 0.717) is 41.1 Å². The maximum absolute atomic E-state index is 13.1. The molecule has 0 aliphatic heterocycles. The molecule has 0 fully saturated rings. The minimum Gasteiger partial charge on any atom is -0.493 e. The van der Waals surface area contributed by atoms with E-state index in [1.54, 1.807) is 25.1 Å². The minimum atomic E-state index is -0.304. The number of carbonyl (C=O) groups is 1. The van der Waals surface area contributed by atoms with Gasteiger partial charge >= 0.3 is 0 Å². The van der Waals surface area contributed by atoms with Crippen molar-refractivity contribution in [3.05, 3.63) is 106 Å². The maximum Gasteiger partial charge on any atom is 0.254 e. The zero-order valence-corrected chi connectivity index (χ0v) is 18.0. The van der Waals surface area contributed by atoms with Crippen LogP contribution in [-0.4, -0.2) is 29.9 Å². The second-order valence-electron chi connectivity index (χ2n) is 7.51. The van der Waals surface area contributed by atoms with E-state index in [1.165, 1.54) is 6.07 Å². The summed E-state index contributed by atoms with van der Waals surface area (Å²) in [5, 5.41) is 0.714. The smallest absolute Gasteiger partial charge is 0.254 e. The number of aromatic nitrogens is 1. The van der Waals surface area contributed by atoms with Gasteiger partial charge in [-0.05, 0) is 29.3 Å². The SMILES string of the molecule is COc1cc(CN(C)C(=O)c2cc(=O)[nH]c3ccccc23)ccc1OCc1ccccc1. The number of hydrogen-bond acceptors (Lipinski definition) is 4. The highest BCUT2D eigenvalue weighted by Crippen LogP contribution is 2.29. The molecule has 0 radical (unpaired) electrons. The molecule has 1 aromatic heterocycles. The largest absolute Gasteiger partial charge is 0.493 e. The third kappa shape index (κ3) is 4.64. The van der Waals surface area contributed by atoms with Gasteiger partial charge in [-0.1, -0.05) is 54.6 Å². The molecule has 0 saturated carbocycles. The summed E-state index contributed by atoms with van der Waals surface area (Å²) in [6.45, 7) is 0.792. The lowest BCUT2D eigenvalue weighted by molar-refractivity contribution is 0.0786. The van der Waals surface area contributed by atoms with E-state index in [0.717, 1.165) is 11.1 Å². The first-order valence-electron chi connectivity index (χ1n) is 10.3. The van der Waals surface area contributed by atoms with Gasteiger partial charge in [-0.3, -0.25) is 9.59 Å². The molecular weight excluding hydrogens is 404 g/mol. The molecule has 4 rings (SSSR count). The summed E-state index contributed by atoms with van der Waals surface area (Å²) in [4.78, 5) is 29.5. The number of nitrogens with zero attached hydrogens (tertiary/aromatic N) is 1. The second kappa shape index (κ2) is 9.39. The fourth-order valence-electron chi connectivity index (χ4n) is 3.60. The number of para-hydroxylation sites is 1. The van der Waals surface area contributed by atoms with Crippen LogP contribution in [0.15, 0.2) is 83.7 Å². The van der Waals surface area contributed by atoms with Crippen molar-refractivity contribution < 1.29 is 14.3 Å². The van der Waals surface area contributed by atoms with E-state index in [2.05, 4.69) is 4.98 Å². The number of H-pyrrole nitrogens is 1. The van der Waals surface area contributed by atoms with E-state index in [4.69, 9.17) is 9.47 Å². The van der Waals surface area contributed by atoms with Gasteiger partial charge < -0.3 is 19.4 Å². The summed E-state index contributed by atoms with van der Waals surface area (Å²) in [6, 6.07) is 24.1. The lowest BCUT2D eigenvalue weighted by Gasteiger charge is -2.19. The number of benzene rings is 3. The van der Waals surface area contributed by atoms with Gasteiger partial charge in [0.1, 0.15) is 6.61 Å². The zero-order valence-electron chi connectivity index (χ0n) is 18.0. The average molecular weight is 428 g/mol. The molecule has 0 atom stereocenters. The molecule has 6 nitrogen and oxygen atoms in total. The van der Waals surface area contributed by atoms with Gasteiger partial charge in [-0.25, -0.2) is 0 Å². The lowest BCUT2D eigenvalue weighted by Crippen LogP contribution is -2.27. The Bertz CT molecular complexity index is 1300. The van der Waals surface area contributed by atoms with Crippen LogP contribution in [-0.2, 0) is 13.2 Å². The van der Waals surface area contributed by atoms with Gasteiger partial charge in [-0.2, -0.15) is 0 Å². The molecular formula is C26H24N2O4. The molecule has 4 aromatic rings. The molecule has 0 spiro atoms. The van der Waals surface area contributed by atoms with Crippen LogP contribution >= 0.6 is 0 Å². The van der Waals surface area contributed by atoms with Crippen molar-refractivity contribution in [1.29, 1.82) is 0 Å². The normalized spacial score (nSPS) is 10.7. The molecule has 3 aromatic carbocycles. The Morgan fingerprint density at radius 3 is 2.44 bits per heavy atom. The molecule has 1 amide bonds. The Hall–Kier alpha value is -4.06. The number of nitrogens with one attached hydrogen (secondary N) is 1. The van der Waals surface area contributed by atoms with Crippen LogP contribution in [0.5, 0.6) is 11.5 Å². The van der Waals surface area contributed by atoms with Crippen LogP contribution in [0.1, 0.15) is 21.5 Å². The molecule has 6 heteroatoms. The maximum atomic E-state index is 13.1. The third-order valence-electron chi connectivity index (χ3n) is 5.21. The highest BCUT2D eigenvalue weighted by atomic mass is 16.5. The number of rotatable bonds is 7. The highest BCUT2D eigenvalue weighted by Gasteiger charge is 2.17. The molecule has 32 heavy (non-hydrogen) atoms. The van der Waals surface area contributed by atoms with E-state index >= 15 is 0 Å². The molecule has 1 heterocycles. The number of methoxy groups -OCH3 is 1. The molecule has 0 saturated heterocycles. The van der Waals surface area contributed by atoms with Gasteiger partial charge in [0.2, 0.25) is 5.56 Å². The summed E-state index contributed by atoms with van der Waals surface area (Å²) in [6.07, 6.45) is 0. The quantitative estimate of drug-likeness (QED) is 0.474. The summed E-state index contributed by atoms with van der Waals surface area (Å²) < 4.78 is 11.4. The van der Waals surface area contributed by atoms with Crippen LogP contribution in [0.2, 0.25) is 0 Å². The fourth-order valence-corrected chi connectivity index (χ4v) is 3.60. The predicted octanol–water partition coefficient (Wildman–Crippen LogP) is 4.39. The summed E-state index contributed by atoms with van der Waals surface area (Å²) >= 11 is 0. The topological polar surface area (TPSA) is 71.6 Å². The van der Waals surface area contributed by atoms with E-state index < -0.39 is 0 Å². The van der Waals surface area contributed by atoms with E-state index in [-0.39, 0.29) is 11.5 Å². The Kier molecular flexibility index (Phi) is 6.22. The number of ether oxygens (including phenoxy) is 2. The van der Waals surface area contributed by atoms with Crippen LogP contribution in [0.3, 0.4) is 0 Å². The number of pyridine rings is 1. The lowest BCUT2D eigenvalue weighted by atomic mass is 10.1. The van der Waals surface area contributed by atoms with Gasteiger partial charge in [0.25, 0.3) is 5.91 Å². The predicted molar refractivity (Wildman–Crippen MR) is 124 cm³/mol. The molecule has 1 N–H and O–H groups in total. The number of carbonyl (C=O) groups excluding carboxylic acids is 1. The standard InChI is InChI=1S/C26H24N2O4/c1-28(26(30)21-15-25(29)27-22-11-7-6-10-20(21)22)16-19-12-13-23(24(14-19)31-2)32-17-18-8-4-3-5-9-18/h3-15H,16-17H2,1-2H3,(H,27,29). The summed E-state index contributed by atoms with van der Waals surface area (Å²) in [5.74, 6) is 1.01. The van der Waals surface area contributed by atoms with Crippen molar-refractivity contribution >= 4 is 16.8 Å². The first-order chi connectivity index (χ1) is 15.5. The van der Waals surface area contributed by atoms with Crippen LogP contribution < -0.4 is 15.0 Å². The van der Waals surface area contributed by atoms with Gasteiger partial charge in [0.15, 0.2) is 11.5 Å². The Labute approximate surface area is 186 Å². The van der Waals surface area contributed by atoms with Crippen molar-refractivity contribution in [1.82, 2.24) is 9.88 Å². The van der Waals surface area contributed by atoms with Crippen molar-refractivity contribution in [2.24, 2.45) is 0 Å². The summed E-state index contributed by atoms with van der Waals surface area (Å²) in [7, 11) is 3.30. The Balaban J connectivity index is 1.51. The second-order valence-corrected chi connectivity index (χ2v) is 7.51. The minimum absolute atomic E-state index is 0.226. The van der Waals surface area contributed by atoms with Gasteiger partial charge in [0, 0.05) is 30.6 Å². The third-order valence-corrected chi connectivity index (χ3v) is 5.21. The monoisotopic (exact) mass is 428 g/mol. The van der Waals surface area contributed by atoms with Crippen LogP contribution in [0.25, 0.3) is 10.9 Å². The number of amides is 1. The molecule has 0 bridgehead atoms. The van der Waals surface area contributed by atoms with Crippen LogP contribution in [0, 0.1) is 0 Å². The van der Waals surface area contributed by atoms with Crippen molar-refractivity contribution in [3.63, 3.8) is 0 Å². The van der Waals surface area contributed by atoms with Crippen molar-refractivity contribution in [3.8, 4) is 11.5 Å². The molecule has 0 aliphatic carbocycles. The van der Waals surface area contributed by atoms with E-state index in [1.807, 2.05) is 66.7 Å².